The van der Waals surface area contributed by atoms with E-state index >= 15 is 0 Å². The van der Waals surface area contributed by atoms with Gasteiger partial charge in [0.25, 0.3) is 0 Å². The first-order valence-electron chi connectivity index (χ1n) is 21.8. The third-order valence-corrected chi connectivity index (χ3v) is 12.8. The van der Waals surface area contributed by atoms with Crippen molar-refractivity contribution < 1.29 is 0 Å². The van der Waals surface area contributed by atoms with Gasteiger partial charge in [0.2, 0.25) is 0 Å². The molecule has 0 radical (unpaired) electrons. The largest absolute Gasteiger partial charge is 0.310 e. The molecule has 294 valence electrons. The Morgan fingerprint density at radius 1 is 0.206 bits per heavy atom. The molecule has 1 nitrogen and oxygen atoms in total. The van der Waals surface area contributed by atoms with Crippen LogP contribution in [0.4, 0.5) is 17.1 Å². The minimum atomic E-state index is 1.09. The summed E-state index contributed by atoms with van der Waals surface area (Å²) in [4.78, 5) is 2.43. The highest BCUT2D eigenvalue weighted by Crippen LogP contribution is 2.47. The summed E-state index contributed by atoms with van der Waals surface area (Å²) in [6, 6.07) is 91.1. The Morgan fingerprint density at radius 2 is 0.698 bits per heavy atom. The summed E-state index contributed by atoms with van der Waals surface area (Å²) in [5.41, 5.74) is 13.0. The lowest BCUT2D eigenvalue weighted by Crippen LogP contribution is -2.10. The Labute approximate surface area is 367 Å². The fourth-order valence-corrected chi connectivity index (χ4v) is 9.95. The second-order valence-electron chi connectivity index (χ2n) is 16.4. The minimum absolute atomic E-state index is 1.09. The molecule has 0 aliphatic carbocycles. The van der Waals surface area contributed by atoms with Gasteiger partial charge in [0.05, 0.1) is 0 Å². The van der Waals surface area contributed by atoms with E-state index in [1.165, 1.54) is 98.4 Å². The highest BCUT2D eigenvalue weighted by atomic mass is 15.1. The zero-order chi connectivity index (χ0) is 41.7. The molecule has 0 saturated heterocycles. The van der Waals surface area contributed by atoms with Gasteiger partial charge in [-0.1, -0.05) is 206 Å². The highest BCUT2D eigenvalue weighted by molar-refractivity contribution is 6.22. The van der Waals surface area contributed by atoms with E-state index in [1.54, 1.807) is 0 Å². The summed E-state index contributed by atoms with van der Waals surface area (Å²) in [5.74, 6) is 0. The van der Waals surface area contributed by atoms with Crippen LogP contribution in [-0.4, -0.2) is 0 Å². The van der Waals surface area contributed by atoms with Gasteiger partial charge in [-0.15, -0.1) is 0 Å². The van der Waals surface area contributed by atoms with E-state index in [9.17, 15) is 0 Å². The maximum atomic E-state index is 2.43. The molecule has 0 saturated carbocycles. The smallest absolute Gasteiger partial charge is 0.0468 e. The molecule has 0 aromatic heterocycles. The molecule has 0 amide bonds. The quantitative estimate of drug-likeness (QED) is 0.145. The summed E-state index contributed by atoms with van der Waals surface area (Å²) in [5, 5.41) is 12.5. The third kappa shape index (κ3) is 6.33. The van der Waals surface area contributed by atoms with Crippen molar-refractivity contribution >= 4 is 70.9 Å². The van der Waals surface area contributed by atoms with E-state index in [-0.39, 0.29) is 0 Å². The summed E-state index contributed by atoms with van der Waals surface area (Å²) in [7, 11) is 0. The summed E-state index contributed by atoms with van der Waals surface area (Å²) in [6.45, 7) is 0. The second kappa shape index (κ2) is 15.3. The van der Waals surface area contributed by atoms with Crippen molar-refractivity contribution in [3.05, 3.63) is 249 Å². The maximum Gasteiger partial charge on any atom is 0.0468 e. The van der Waals surface area contributed by atoms with Gasteiger partial charge in [-0.3, -0.25) is 0 Å². The molecular weight excluding hydrogens is 759 g/mol. The van der Waals surface area contributed by atoms with Gasteiger partial charge < -0.3 is 4.90 Å². The Balaban J connectivity index is 1.10. The number of rotatable bonds is 7. The average Bonchev–Trinajstić information content (AvgIpc) is 3.36. The molecule has 0 spiro atoms. The van der Waals surface area contributed by atoms with E-state index in [2.05, 4.69) is 254 Å². The Bertz CT molecular complexity index is 3660. The van der Waals surface area contributed by atoms with Crippen molar-refractivity contribution in [1.29, 1.82) is 0 Å². The van der Waals surface area contributed by atoms with Gasteiger partial charge in [0.15, 0.2) is 0 Å². The molecular formula is C62H41N. The third-order valence-electron chi connectivity index (χ3n) is 12.8. The van der Waals surface area contributed by atoms with E-state index in [0.717, 1.165) is 17.1 Å². The molecule has 0 aliphatic heterocycles. The fraction of sp³-hybridized carbons (Fsp3) is 0. The zero-order valence-electron chi connectivity index (χ0n) is 34.6. The minimum Gasteiger partial charge on any atom is -0.310 e. The molecule has 0 aliphatic rings. The van der Waals surface area contributed by atoms with Crippen LogP contribution in [0.5, 0.6) is 0 Å². The Hall–Kier alpha value is -8.26. The van der Waals surface area contributed by atoms with Crippen molar-refractivity contribution in [2.45, 2.75) is 0 Å². The first-order chi connectivity index (χ1) is 31.3. The van der Waals surface area contributed by atoms with Gasteiger partial charge >= 0.3 is 0 Å². The van der Waals surface area contributed by atoms with Crippen LogP contribution in [0.25, 0.3) is 98.4 Å². The predicted octanol–water partition coefficient (Wildman–Crippen LogP) is 17.6. The first-order valence-corrected chi connectivity index (χ1v) is 21.8. The molecule has 0 atom stereocenters. The number of hydrogen-bond donors (Lipinski definition) is 0. The molecule has 12 aromatic rings. The molecule has 0 N–H and O–H groups in total. The van der Waals surface area contributed by atoms with Gasteiger partial charge in [-0.25, -0.2) is 0 Å². The fourth-order valence-electron chi connectivity index (χ4n) is 9.95. The highest BCUT2D eigenvalue weighted by Gasteiger charge is 2.21. The van der Waals surface area contributed by atoms with Crippen molar-refractivity contribution in [2.75, 3.05) is 4.90 Å². The number of benzene rings is 12. The topological polar surface area (TPSA) is 3.24 Å². The lowest BCUT2D eigenvalue weighted by atomic mass is 9.85. The second-order valence-corrected chi connectivity index (χ2v) is 16.4. The van der Waals surface area contributed by atoms with Crippen LogP contribution in [0.3, 0.4) is 0 Å². The van der Waals surface area contributed by atoms with Crippen LogP contribution in [0.2, 0.25) is 0 Å². The lowest BCUT2D eigenvalue weighted by Gasteiger charge is -2.28. The summed E-state index contributed by atoms with van der Waals surface area (Å²) >= 11 is 0. The van der Waals surface area contributed by atoms with Crippen LogP contribution in [-0.2, 0) is 0 Å². The normalized spacial score (nSPS) is 11.5. The van der Waals surface area contributed by atoms with Crippen molar-refractivity contribution in [2.24, 2.45) is 0 Å². The van der Waals surface area contributed by atoms with Crippen molar-refractivity contribution in [3.63, 3.8) is 0 Å². The maximum absolute atomic E-state index is 2.43. The predicted molar refractivity (Wildman–Crippen MR) is 270 cm³/mol. The average molecular weight is 800 g/mol. The zero-order valence-corrected chi connectivity index (χ0v) is 34.6. The van der Waals surface area contributed by atoms with Gasteiger partial charge in [0, 0.05) is 17.1 Å². The van der Waals surface area contributed by atoms with Crippen LogP contribution in [0.15, 0.2) is 249 Å². The molecule has 0 unspecified atom stereocenters. The van der Waals surface area contributed by atoms with Gasteiger partial charge in [-0.2, -0.15) is 0 Å². The number of nitrogens with zero attached hydrogens (tertiary/aromatic N) is 1. The molecule has 1 heteroatoms. The van der Waals surface area contributed by atoms with Crippen LogP contribution < -0.4 is 4.90 Å². The van der Waals surface area contributed by atoms with Crippen LogP contribution in [0, 0.1) is 0 Å². The summed E-state index contributed by atoms with van der Waals surface area (Å²) in [6.07, 6.45) is 0. The van der Waals surface area contributed by atoms with E-state index in [0.29, 0.717) is 0 Å². The molecule has 0 bridgehead atoms. The van der Waals surface area contributed by atoms with Gasteiger partial charge in [0.1, 0.15) is 0 Å². The molecule has 0 heterocycles. The lowest BCUT2D eigenvalue weighted by molar-refractivity contribution is 1.29. The Morgan fingerprint density at radius 3 is 1.43 bits per heavy atom. The first kappa shape index (κ1) is 36.6. The molecule has 12 rings (SSSR count). The van der Waals surface area contributed by atoms with E-state index < -0.39 is 0 Å². The van der Waals surface area contributed by atoms with Crippen LogP contribution >= 0.6 is 0 Å². The monoisotopic (exact) mass is 799 g/mol. The number of anilines is 3. The molecule has 0 fully saturated rings. The van der Waals surface area contributed by atoms with Gasteiger partial charge in [-0.05, 0) is 141 Å². The number of hydrogen-bond acceptors (Lipinski definition) is 1. The standard InChI is InChI=1S/C62H41N/c1-3-18-44(19-4-1)61-58-31-14-13-29-55(58)57-38-37-50(41-60(57)62(61)45-20-5-2-6-21-45)63(49-25-15-24-46(39-49)52-32-16-23-42-17-7-9-26-51(42)52)48-35-33-43(34-36-48)59-40-47-22-8-10-27-53(47)54-28-11-12-30-56(54)59/h1-41H. The summed E-state index contributed by atoms with van der Waals surface area (Å²) < 4.78 is 0. The SMILES string of the molecule is c1ccc(-c2c(-c3ccccc3)c3cc(N(c4ccc(-c5cc6ccccc6c6ccccc56)cc4)c4cccc(-c5cccc6ccccc56)c4)ccc3c3ccccc23)cc1. The number of fused-ring (bicyclic) bond motifs is 7. The Kier molecular flexibility index (Phi) is 8.90. The van der Waals surface area contributed by atoms with E-state index in [1.807, 2.05) is 0 Å². The molecule has 63 heavy (non-hydrogen) atoms. The molecule has 12 aromatic carbocycles. The van der Waals surface area contributed by atoms with E-state index in [4.69, 9.17) is 0 Å². The van der Waals surface area contributed by atoms with Crippen molar-refractivity contribution in [1.82, 2.24) is 0 Å². The van der Waals surface area contributed by atoms with Crippen LogP contribution in [0.1, 0.15) is 0 Å². The van der Waals surface area contributed by atoms with Crippen molar-refractivity contribution in [3.8, 4) is 44.5 Å².